The normalized spacial score (nSPS) is 25.5. The van der Waals surface area contributed by atoms with Gasteiger partial charge in [-0.15, -0.1) is 0 Å². The fourth-order valence-corrected chi connectivity index (χ4v) is 4.31. The van der Waals surface area contributed by atoms with Gasteiger partial charge in [0.1, 0.15) is 18.1 Å². The molecule has 2 N–H and O–H groups in total. The largest absolute Gasteiger partial charge is 0.491 e. The summed E-state index contributed by atoms with van der Waals surface area (Å²) in [6, 6.07) is 6.49. The zero-order valence-electron chi connectivity index (χ0n) is 15.4. The summed E-state index contributed by atoms with van der Waals surface area (Å²) in [5, 5.41) is 1.15. The predicted molar refractivity (Wildman–Crippen MR) is 102 cm³/mol. The van der Waals surface area contributed by atoms with Crippen LogP contribution in [0.5, 0.6) is 11.5 Å². The van der Waals surface area contributed by atoms with E-state index in [1.54, 1.807) is 7.11 Å². The van der Waals surface area contributed by atoms with Gasteiger partial charge in [-0.25, -0.2) is 0 Å². The predicted octanol–water partition coefficient (Wildman–Crippen LogP) is 3.33. The van der Waals surface area contributed by atoms with E-state index in [4.69, 9.17) is 19.9 Å². The number of nitrogens with zero attached hydrogens (tertiary/aromatic N) is 1. The molecule has 1 unspecified atom stereocenters. The van der Waals surface area contributed by atoms with Crippen molar-refractivity contribution in [3.63, 3.8) is 0 Å². The Bertz CT molecular complexity index is 756. The third kappa shape index (κ3) is 3.64. The number of benzene rings is 1. The Morgan fingerprint density at radius 2 is 2.00 bits per heavy atom. The highest BCUT2D eigenvalue weighted by atomic mass is 16.5. The summed E-state index contributed by atoms with van der Waals surface area (Å²) in [5.74, 6) is 3.07. The molecular formula is C21H28N2O3. The van der Waals surface area contributed by atoms with E-state index in [1.807, 2.05) is 18.3 Å². The molecule has 0 radical (unpaired) electrons. The summed E-state index contributed by atoms with van der Waals surface area (Å²) in [5.41, 5.74) is 8.36. The second kappa shape index (κ2) is 7.80. The summed E-state index contributed by atoms with van der Waals surface area (Å²) in [6.45, 7) is 1.92. The highest BCUT2D eigenvalue weighted by molar-refractivity contribution is 5.85. The zero-order valence-corrected chi connectivity index (χ0v) is 15.4. The van der Waals surface area contributed by atoms with Gasteiger partial charge in [-0.2, -0.15) is 0 Å². The molecule has 1 aliphatic carbocycles. The van der Waals surface area contributed by atoms with Gasteiger partial charge < -0.3 is 19.9 Å². The fraction of sp³-hybridized carbons (Fsp3) is 0.571. The Morgan fingerprint density at radius 1 is 1.15 bits per heavy atom. The van der Waals surface area contributed by atoms with E-state index in [0.717, 1.165) is 48.3 Å². The second-order valence-corrected chi connectivity index (χ2v) is 7.57. The van der Waals surface area contributed by atoms with Crippen LogP contribution in [0.25, 0.3) is 10.9 Å². The molecule has 1 saturated carbocycles. The fourth-order valence-electron chi connectivity index (χ4n) is 4.31. The van der Waals surface area contributed by atoms with Crippen molar-refractivity contribution in [2.45, 2.75) is 38.1 Å². The summed E-state index contributed by atoms with van der Waals surface area (Å²) < 4.78 is 17.0. The van der Waals surface area contributed by atoms with Crippen LogP contribution in [0.2, 0.25) is 0 Å². The minimum Gasteiger partial charge on any atom is -0.491 e. The minimum atomic E-state index is 0.389. The van der Waals surface area contributed by atoms with Crippen LogP contribution >= 0.6 is 0 Å². The zero-order chi connectivity index (χ0) is 17.9. The maximum Gasteiger partial charge on any atom is 0.141 e. The Balaban J connectivity index is 1.57. The van der Waals surface area contributed by atoms with E-state index in [9.17, 15) is 0 Å². The number of hydrogen-bond donors (Lipinski definition) is 1. The molecule has 2 aliphatic rings. The van der Waals surface area contributed by atoms with Crippen molar-refractivity contribution in [2.24, 2.45) is 17.6 Å². The topological polar surface area (TPSA) is 66.6 Å². The van der Waals surface area contributed by atoms with Gasteiger partial charge in [0, 0.05) is 30.0 Å². The maximum atomic E-state index is 6.11. The van der Waals surface area contributed by atoms with E-state index in [0.29, 0.717) is 31.1 Å². The van der Waals surface area contributed by atoms with Crippen molar-refractivity contribution < 1.29 is 14.2 Å². The Kier molecular flexibility index (Phi) is 5.27. The average Bonchev–Trinajstić information content (AvgIpc) is 2.68. The number of rotatable bonds is 5. The first kappa shape index (κ1) is 17.6. The highest BCUT2D eigenvalue weighted by Crippen LogP contribution is 2.39. The summed E-state index contributed by atoms with van der Waals surface area (Å²) in [6.07, 6.45) is 7.65. The maximum absolute atomic E-state index is 6.11. The summed E-state index contributed by atoms with van der Waals surface area (Å²) >= 11 is 0. The summed E-state index contributed by atoms with van der Waals surface area (Å²) in [7, 11) is 1.68. The standard InChI is InChI=1S/C21H28N2O3/c1-24-8-9-25-17-6-7-20-18(11-17)19-10-15(13-26-21(19)12-23-20)14-2-4-16(22)5-3-14/h6-7,11-12,14-16H,2-5,8-10,13,22H2,1H3. The van der Waals surface area contributed by atoms with E-state index in [1.165, 1.54) is 18.4 Å². The first-order chi connectivity index (χ1) is 12.7. The van der Waals surface area contributed by atoms with E-state index < -0.39 is 0 Å². The Morgan fingerprint density at radius 3 is 2.81 bits per heavy atom. The first-order valence-electron chi connectivity index (χ1n) is 9.66. The molecule has 1 atom stereocenters. The number of fused-ring (bicyclic) bond motifs is 3. The minimum absolute atomic E-state index is 0.389. The molecule has 0 saturated heterocycles. The molecule has 1 aliphatic heterocycles. The molecule has 5 nitrogen and oxygen atoms in total. The third-order valence-corrected chi connectivity index (χ3v) is 5.87. The molecule has 1 aromatic carbocycles. The van der Waals surface area contributed by atoms with Gasteiger partial charge in [0.15, 0.2) is 0 Å². The van der Waals surface area contributed by atoms with Gasteiger partial charge in [0.2, 0.25) is 0 Å². The number of aromatic nitrogens is 1. The van der Waals surface area contributed by atoms with Gasteiger partial charge in [-0.3, -0.25) is 4.98 Å². The molecular weight excluding hydrogens is 328 g/mol. The van der Waals surface area contributed by atoms with Crippen LogP contribution in [-0.2, 0) is 11.2 Å². The van der Waals surface area contributed by atoms with Crippen LogP contribution in [0, 0.1) is 11.8 Å². The first-order valence-corrected chi connectivity index (χ1v) is 9.66. The molecule has 26 heavy (non-hydrogen) atoms. The lowest BCUT2D eigenvalue weighted by atomic mass is 9.75. The molecule has 1 aromatic heterocycles. The smallest absolute Gasteiger partial charge is 0.141 e. The van der Waals surface area contributed by atoms with Gasteiger partial charge in [-0.1, -0.05) is 0 Å². The van der Waals surface area contributed by atoms with Gasteiger partial charge >= 0.3 is 0 Å². The number of methoxy groups -OCH3 is 1. The van der Waals surface area contributed by atoms with Crippen LogP contribution in [0.15, 0.2) is 24.4 Å². The molecule has 1 fully saturated rings. The van der Waals surface area contributed by atoms with Crippen LogP contribution in [0.3, 0.4) is 0 Å². The molecule has 2 heterocycles. The quantitative estimate of drug-likeness (QED) is 0.833. The van der Waals surface area contributed by atoms with Crippen LogP contribution in [0.1, 0.15) is 31.2 Å². The lowest BCUT2D eigenvalue weighted by Gasteiger charge is -2.35. The monoisotopic (exact) mass is 356 g/mol. The number of hydrogen-bond acceptors (Lipinski definition) is 5. The summed E-state index contributed by atoms with van der Waals surface area (Å²) in [4.78, 5) is 4.56. The van der Waals surface area contributed by atoms with Crippen molar-refractivity contribution in [2.75, 3.05) is 26.9 Å². The van der Waals surface area contributed by atoms with Crippen molar-refractivity contribution in [3.05, 3.63) is 30.0 Å². The van der Waals surface area contributed by atoms with Crippen LogP contribution in [-0.4, -0.2) is 38.0 Å². The molecule has 5 heteroatoms. The van der Waals surface area contributed by atoms with Crippen LogP contribution < -0.4 is 15.2 Å². The lowest BCUT2D eigenvalue weighted by Crippen LogP contribution is -2.34. The van der Waals surface area contributed by atoms with Crippen molar-refractivity contribution in [3.8, 4) is 11.5 Å². The molecule has 0 spiro atoms. The third-order valence-electron chi connectivity index (χ3n) is 5.87. The van der Waals surface area contributed by atoms with Crippen molar-refractivity contribution in [1.29, 1.82) is 0 Å². The van der Waals surface area contributed by atoms with Crippen molar-refractivity contribution in [1.82, 2.24) is 4.98 Å². The number of ether oxygens (including phenoxy) is 3. The Labute approximate surface area is 154 Å². The van der Waals surface area contributed by atoms with Gasteiger partial charge in [0.05, 0.1) is 24.9 Å². The van der Waals surface area contributed by atoms with Gasteiger partial charge in [0.25, 0.3) is 0 Å². The van der Waals surface area contributed by atoms with E-state index in [-0.39, 0.29) is 0 Å². The van der Waals surface area contributed by atoms with Crippen molar-refractivity contribution >= 4 is 10.9 Å². The lowest BCUT2D eigenvalue weighted by molar-refractivity contribution is 0.139. The number of nitrogens with two attached hydrogens (primary N) is 1. The van der Waals surface area contributed by atoms with Gasteiger partial charge in [-0.05, 0) is 56.2 Å². The molecule has 0 bridgehead atoms. The van der Waals surface area contributed by atoms with E-state index in [2.05, 4.69) is 11.1 Å². The van der Waals surface area contributed by atoms with Crippen LogP contribution in [0.4, 0.5) is 0 Å². The number of pyridine rings is 1. The Hall–Kier alpha value is -1.85. The van der Waals surface area contributed by atoms with E-state index >= 15 is 0 Å². The molecule has 4 rings (SSSR count). The highest BCUT2D eigenvalue weighted by Gasteiger charge is 2.31. The molecule has 2 aromatic rings. The molecule has 0 amide bonds. The molecule has 140 valence electrons. The average molecular weight is 356 g/mol. The second-order valence-electron chi connectivity index (χ2n) is 7.57. The SMILES string of the molecule is COCCOc1ccc2ncc3c(c2c1)CC(C1CCC(N)CC1)CO3.